The highest BCUT2D eigenvalue weighted by Gasteiger charge is 2.43. The second-order valence-electron chi connectivity index (χ2n) is 8.06. The third kappa shape index (κ3) is 5.52. The molecular weight excluding hydrogens is 520 g/mol. The number of alkyl halides is 3. The predicted octanol–water partition coefficient (Wildman–Crippen LogP) is 3.95. The number of sulfonamides is 1. The summed E-state index contributed by atoms with van der Waals surface area (Å²) in [6.45, 7) is -0.211. The summed E-state index contributed by atoms with van der Waals surface area (Å²) in [5, 5.41) is 0. The van der Waals surface area contributed by atoms with Gasteiger partial charge in [0.15, 0.2) is 11.6 Å². The lowest BCUT2D eigenvalue weighted by Gasteiger charge is -2.38. The summed E-state index contributed by atoms with van der Waals surface area (Å²) >= 11 is 0. The van der Waals surface area contributed by atoms with Gasteiger partial charge in [0.1, 0.15) is 5.75 Å². The first-order valence-electron chi connectivity index (χ1n) is 10.8. The van der Waals surface area contributed by atoms with E-state index in [4.69, 9.17) is 4.74 Å². The van der Waals surface area contributed by atoms with Crippen LogP contribution in [0.2, 0.25) is 0 Å². The first-order valence-corrected chi connectivity index (χ1v) is 12.3. The number of ether oxygens (including phenoxy) is 3. The number of aromatic nitrogens is 1. The van der Waals surface area contributed by atoms with Gasteiger partial charge in [0.2, 0.25) is 10.0 Å². The quantitative estimate of drug-likeness (QED) is 0.358. The van der Waals surface area contributed by atoms with Crippen molar-refractivity contribution < 1.29 is 45.0 Å². The van der Waals surface area contributed by atoms with Gasteiger partial charge in [-0.15, -0.1) is 13.2 Å². The molecule has 0 fully saturated rings. The van der Waals surface area contributed by atoms with Crippen molar-refractivity contribution in [3.8, 4) is 11.5 Å². The van der Waals surface area contributed by atoms with Gasteiger partial charge in [0.25, 0.3) is 0 Å². The minimum absolute atomic E-state index is 0.108. The highest BCUT2D eigenvalue weighted by atomic mass is 32.2. The van der Waals surface area contributed by atoms with Crippen LogP contribution in [0, 0.1) is 5.82 Å². The Hall–Kier alpha value is -3.71. The standard InChI is InChI=1S/C24H20F4N2O6S/c1-34-22(31)15-4-7-17(8-5-15)37(32,33)30-14-23(10-12-35-20-3-2-11-29-21(20)23)16-6-9-19(18(25)13-16)36-24(26,27)28/h2-9,11,13,30H,10,12,14H2,1H3/t23-/m0/s1. The summed E-state index contributed by atoms with van der Waals surface area (Å²) in [7, 11) is -2.94. The van der Waals surface area contributed by atoms with E-state index in [9.17, 15) is 30.8 Å². The van der Waals surface area contributed by atoms with Gasteiger partial charge >= 0.3 is 12.3 Å². The average Bonchev–Trinajstić information content (AvgIpc) is 2.87. The van der Waals surface area contributed by atoms with Gasteiger partial charge in [0.05, 0.1) is 35.3 Å². The highest BCUT2D eigenvalue weighted by molar-refractivity contribution is 7.89. The van der Waals surface area contributed by atoms with Crippen molar-refractivity contribution in [2.24, 2.45) is 0 Å². The largest absolute Gasteiger partial charge is 0.573 e. The van der Waals surface area contributed by atoms with Crippen LogP contribution in [0.4, 0.5) is 17.6 Å². The maximum atomic E-state index is 14.7. The lowest BCUT2D eigenvalue weighted by Crippen LogP contribution is -2.45. The molecule has 1 N–H and O–H groups in total. The molecule has 0 unspecified atom stereocenters. The first-order chi connectivity index (χ1) is 17.4. The van der Waals surface area contributed by atoms with Crippen LogP contribution >= 0.6 is 0 Å². The van der Waals surface area contributed by atoms with Gasteiger partial charge < -0.3 is 14.2 Å². The summed E-state index contributed by atoms with van der Waals surface area (Å²) in [6, 6.07) is 11.2. The van der Waals surface area contributed by atoms with Crippen LogP contribution in [-0.2, 0) is 20.2 Å². The molecule has 1 atom stereocenters. The third-order valence-corrected chi connectivity index (χ3v) is 7.29. The van der Waals surface area contributed by atoms with Crippen LogP contribution in [0.1, 0.15) is 28.0 Å². The molecule has 0 saturated heterocycles. The molecule has 0 amide bonds. The van der Waals surface area contributed by atoms with E-state index in [1.165, 1.54) is 43.6 Å². The first kappa shape index (κ1) is 26.4. The summed E-state index contributed by atoms with van der Waals surface area (Å²) in [5.41, 5.74) is -0.677. The van der Waals surface area contributed by atoms with Crippen molar-refractivity contribution in [2.75, 3.05) is 20.3 Å². The number of nitrogens with zero attached hydrogens (tertiary/aromatic N) is 1. The maximum absolute atomic E-state index is 14.7. The van der Waals surface area contributed by atoms with Crippen LogP contribution in [0.3, 0.4) is 0 Å². The van der Waals surface area contributed by atoms with E-state index in [1.54, 1.807) is 12.1 Å². The molecular formula is C24H20F4N2O6S. The number of carbonyl (C=O) groups excluding carboxylic acids is 1. The van der Waals surface area contributed by atoms with E-state index >= 15 is 0 Å². The van der Waals surface area contributed by atoms with Crippen LogP contribution in [0.25, 0.3) is 0 Å². The van der Waals surface area contributed by atoms with Crippen LogP contribution < -0.4 is 14.2 Å². The number of methoxy groups -OCH3 is 1. The number of nitrogens with one attached hydrogen (secondary N) is 1. The molecule has 2 aromatic carbocycles. The SMILES string of the molecule is COC(=O)c1ccc(S(=O)(=O)NC[C@]2(c3ccc(OC(F)(F)F)c(F)c3)CCOc3cccnc32)cc1. The topological polar surface area (TPSA) is 104 Å². The monoisotopic (exact) mass is 540 g/mol. The van der Waals surface area contributed by atoms with Crippen molar-refractivity contribution in [1.29, 1.82) is 0 Å². The molecule has 0 radical (unpaired) electrons. The smallest absolute Gasteiger partial charge is 0.492 e. The Labute approximate surface area is 209 Å². The Morgan fingerprint density at radius 3 is 2.54 bits per heavy atom. The molecule has 13 heteroatoms. The number of esters is 1. The van der Waals surface area contributed by atoms with Crippen molar-refractivity contribution in [1.82, 2.24) is 9.71 Å². The van der Waals surface area contributed by atoms with Crippen LogP contribution in [-0.4, -0.2) is 46.0 Å². The Bertz CT molecular complexity index is 1410. The highest BCUT2D eigenvalue weighted by Crippen LogP contribution is 2.43. The molecule has 2 heterocycles. The molecule has 1 aromatic heterocycles. The van der Waals surface area contributed by atoms with Gasteiger partial charge in [-0.25, -0.2) is 22.3 Å². The van der Waals surface area contributed by atoms with Gasteiger partial charge in [0, 0.05) is 12.7 Å². The molecule has 1 aliphatic heterocycles. The fourth-order valence-electron chi connectivity index (χ4n) is 4.07. The van der Waals surface area contributed by atoms with Crippen molar-refractivity contribution in [3.63, 3.8) is 0 Å². The second kappa shape index (κ2) is 9.98. The van der Waals surface area contributed by atoms with Crippen LogP contribution in [0.15, 0.2) is 65.7 Å². The number of benzene rings is 2. The van der Waals surface area contributed by atoms with E-state index in [-0.39, 0.29) is 41.3 Å². The van der Waals surface area contributed by atoms with Gasteiger partial charge in [-0.2, -0.15) is 0 Å². The molecule has 0 saturated carbocycles. The molecule has 196 valence electrons. The van der Waals surface area contributed by atoms with Crippen LogP contribution in [0.5, 0.6) is 11.5 Å². The summed E-state index contributed by atoms with van der Waals surface area (Å²) in [4.78, 5) is 15.8. The lowest BCUT2D eigenvalue weighted by atomic mass is 9.73. The van der Waals surface area contributed by atoms with E-state index in [0.29, 0.717) is 5.75 Å². The molecule has 1 aliphatic rings. The number of hydrogen-bond acceptors (Lipinski definition) is 7. The Kier molecular flexibility index (Phi) is 7.11. The normalized spacial score (nSPS) is 17.4. The van der Waals surface area contributed by atoms with Crippen molar-refractivity contribution >= 4 is 16.0 Å². The maximum Gasteiger partial charge on any atom is 0.573 e. The van der Waals surface area contributed by atoms with Gasteiger partial charge in [-0.05, 0) is 60.5 Å². The van der Waals surface area contributed by atoms with E-state index in [0.717, 1.165) is 12.1 Å². The summed E-state index contributed by atoms with van der Waals surface area (Å²) in [6.07, 6.45) is -3.51. The molecule has 0 aliphatic carbocycles. The minimum atomic E-state index is -5.09. The minimum Gasteiger partial charge on any atom is -0.492 e. The number of hydrogen-bond donors (Lipinski definition) is 1. The predicted molar refractivity (Wildman–Crippen MR) is 121 cm³/mol. The Morgan fingerprint density at radius 2 is 1.89 bits per heavy atom. The second-order valence-corrected chi connectivity index (χ2v) is 9.83. The summed E-state index contributed by atoms with van der Waals surface area (Å²) in [5.74, 6) is -2.61. The van der Waals surface area contributed by atoms with Crippen molar-refractivity contribution in [2.45, 2.75) is 23.1 Å². The zero-order valence-corrected chi connectivity index (χ0v) is 20.0. The van der Waals surface area contributed by atoms with Gasteiger partial charge in [-0.3, -0.25) is 4.98 Å². The fraction of sp³-hybridized carbons (Fsp3) is 0.250. The van der Waals surface area contributed by atoms with E-state index in [2.05, 4.69) is 19.2 Å². The average molecular weight is 540 g/mol. The van der Waals surface area contributed by atoms with Gasteiger partial charge in [-0.1, -0.05) is 6.07 Å². The zero-order chi connectivity index (χ0) is 26.8. The molecule has 37 heavy (non-hydrogen) atoms. The van der Waals surface area contributed by atoms with E-state index in [1.807, 2.05) is 0 Å². The number of carbonyl (C=O) groups is 1. The molecule has 8 nitrogen and oxygen atoms in total. The molecule has 4 rings (SSSR count). The Balaban J connectivity index is 1.71. The molecule has 3 aromatic rings. The fourth-order valence-corrected chi connectivity index (χ4v) is 5.17. The number of fused-ring (bicyclic) bond motifs is 1. The number of halogens is 4. The number of pyridine rings is 1. The summed E-state index contributed by atoms with van der Waals surface area (Å²) < 4.78 is 95.2. The van der Waals surface area contributed by atoms with Crippen molar-refractivity contribution in [3.05, 3.63) is 83.4 Å². The molecule has 0 bridgehead atoms. The lowest BCUT2D eigenvalue weighted by molar-refractivity contribution is -0.275. The third-order valence-electron chi connectivity index (χ3n) is 5.87. The van der Waals surface area contributed by atoms with E-state index < -0.39 is 39.3 Å². The Morgan fingerprint density at radius 1 is 1.16 bits per heavy atom. The zero-order valence-electron chi connectivity index (χ0n) is 19.2. The molecule has 0 spiro atoms. The number of rotatable bonds is 7.